The summed E-state index contributed by atoms with van der Waals surface area (Å²) in [6.45, 7) is 9.07. The second kappa shape index (κ2) is 13.8. The largest absolute Gasteiger partial charge is 0.463 e. The standard InChI is InChI=1S/C36H40ClF3N8O3/c1-20(2)12-30(49)51-17-29(22-7-11-26(37)28(14-22)48-32(31(39)40)42-19-44-48)47-33(50)36(45-34(47)41,18-35(3,4)5)25-10-6-21(13-27(25)38)23-15-43-46(16-23)24-8-9-24/h6-7,10-11,13-16,19-20,24,29,31H,8-9,12,17-18H2,1-5H3,(H2,41,45)/t29-,36-/m1/s1. The number of carbonyl (C=O) groups excluding carboxylic acids is 2. The lowest BCUT2D eigenvalue weighted by atomic mass is 9.75. The lowest BCUT2D eigenvalue weighted by Gasteiger charge is -2.35. The van der Waals surface area contributed by atoms with Crippen molar-refractivity contribution in [3.05, 3.63) is 82.9 Å². The van der Waals surface area contributed by atoms with Crippen molar-refractivity contribution in [1.82, 2.24) is 29.4 Å². The van der Waals surface area contributed by atoms with Crippen LogP contribution < -0.4 is 5.73 Å². The Morgan fingerprint density at radius 2 is 1.86 bits per heavy atom. The highest BCUT2D eigenvalue weighted by molar-refractivity contribution is 6.32. The van der Waals surface area contributed by atoms with Gasteiger partial charge in [0.2, 0.25) is 0 Å². The third-order valence-electron chi connectivity index (χ3n) is 8.82. The summed E-state index contributed by atoms with van der Waals surface area (Å²) in [6.07, 6.45) is 3.87. The molecule has 2 N–H and O–H groups in total. The molecular formula is C36H40ClF3N8O3. The molecule has 0 bridgehead atoms. The van der Waals surface area contributed by atoms with Gasteiger partial charge in [-0.15, -0.1) is 0 Å². The molecule has 2 aliphatic rings. The molecule has 1 fully saturated rings. The Bertz CT molecular complexity index is 1980. The summed E-state index contributed by atoms with van der Waals surface area (Å²) >= 11 is 6.47. The molecule has 2 aromatic carbocycles. The zero-order valence-corrected chi connectivity index (χ0v) is 29.7. The monoisotopic (exact) mass is 724 g/mol. The highest BCUT2D eigenvalue weighted by Crippen LogP contribution is 2.46. The summed E-state index contributed by atoms with van der Waals surface area (Å²) in [7, 11) is 0. The van der Waals surface area contributed by atoms with Crippen LogP contribution in [0.2, 0.25) is 5.02 Å². The van der Waals surface area contributed by atoms with Gasteiger partial charge in [0.15, 0.2) is 17.3 Å². The molecular weight excluding hydrogens is 685 g/mol. The molecule has 6 rings (SSSR count). The van der Waals surface area contributed by atoms with E-state index in [1.54, 1.807) is 24.4 Å². The summed E-state index contributed by atoms with van der Waals surface area (Å²) in [4.78, 5) is 37.3. The number of aliphatic imine (C=N–C) groups is 1. The van der Waals surface area contributed by atoms with Crippen molar-refractivity contribution in [2.45, 2.75) is 84.4 Å². The Kier molecular flexibility index (Phi) is 9.75. The Morgan fingerprint density at radius 3 is 2.51 bits per heavy atom. The van der Waals surface area contributed by atoms with E-state index in [2.05, 4.69) is 15.2 Å². The molecule has 270 valence electrons. The van der Waals surface area contributed by atoms with Gasteiger partial charge in [-0.05, 0) is 59.9 Å². The van der Waals surface area contributed by atoms with E-state index in [4.69, 9.17) is 27.1 Å². The van der Waals surface area contributed by atoms with Crippen molar-refractivity contribution in [1.29, 1.82) is 0 Å². The highest BCUT2D eigenvalue weighted by atomic mass is 35.5. The number of carbonyl (C=O) groups is 2. The molecule has 2 aromatic heterocycles. The van der Waals surface area contributed by atoms with Gasteiger partial charge in [0.25, 0.3) is 12.3 Å². The zero-order valence-electron chi connectivity index (χ0n) is 29.0. The molecule has 1 saturated carbocycles. The molecule has 0 unspecified atom stereocenters. The molecule has 51 heavy (non-hydrogen) atoms. The minimum absolute atomic E-state index is 0.00773. The molecule has 4 aromatic rings. The highest BCUT2D eigenvalue weighted by Gasteiger charge is 2.54. The van der Waals surface area contributed by atoms with Crippen LogP contribution in [0.3, 0.4) is 0 Å². The van der Waals surface area contributed by atoms with Gasteiger partial charge >= 0.3 is 5.97 Å². The number of nitrogens with two attached hydrogens (primary N) is 1. The van der Waals surface area contributed by atoms with E-state index in [0.717, 1.165) is 29.4 Å². The van der Waals surface area contributed by atoms with Crippen molar-refractivity contribution >= 4 is 29.4 Å². The smallest absolute Gasteiger partial charge is 0.306 e. The van der Waals surface area contributed by atoms with Gasteiger partial charge in [0, 0.05) is 23.7 Å². The molecule has 15 heteroatoms. The molecule has 3 heterocycles. The van der Waals surface area contributed by atoms with Crippen LogP contribution in [0.15, 0.2) is 60.1 Å². The quantitative estimate of drug-likeness (QED) is 0.152. The average Bonchev–Trinajstić information content (AvgIpc) is 3.46. The van der Waals surface area contributed by atoms with E-state index in [0.29, 0.717) is 17.2 Å². The van der Waals surface area contributed by atoms with E-state index in [-0.39, 0.29) is 47.6 Å². The van der Waals surface area contributed by atoms with Gasteiger partial charge in [-0.1, -0.05) is 64.4 Å². The molecule has 0 radical (unpaired) electrons. The first-order chi connectivity index (χ1) is 24.1. The van der Waals surface area contributed by atoms with E-state index in [1.165, 1.54) is 23.1 Å². The number of nitrogens with zero attached hydrogens (tertiary/aromatic N) is 7. The van der Waals surface area contributed by atoms with Crippen LogP contribution in [0, 0.1) is 17.2 Å². The molecule has 2 atom stereocenters. The predicted molar refractivity (Wildman–Crippen MR) is 185 cm³/mol. The van der Waals surface area contributed by atoms with Crippen molar-refractivity contribution in [3.8, 4) is 16.8 Å². The predicted octanol–water partition coefficient (Wildman–Crippen LogP) is 7.31. The minimum atomic E-state index is -2.96. The number of aromatic nitrogens is 5. The maximum atomic E-state index is 16.4. The second-order valence-electron chi connectivity index (χ2n) is 14.7. The maximum absolute atomic E-state index is 16.4. The van der Waals surface area contributed by atoms with Crippen molar-refractivity contribution in [2.75, 3.05) is 6.61 Å². The zero-order chi connectivity index (χ0) is 36.8. The first-order valence-electron chi connectivity index (χ1n) is 16.7. The molecule has 1 aliphatic carbocycles. The average molecular weight is 725 g/mol. The summed E-state index contributed by atoms with van der Waals surface area (Å²) < 4.78 is 52.5. The Balaban J connectivity index is 1.43. The van der Waals surface area contributed by atoms with Gasteiger partial charge in [-0.3, -0.25) is 19.2 Å². The molecule has 0 saturated heterocycles. The molecule has 0 spiro atoms. The normalized spacial score (nSPS) is 18.5. The summed E-state index contributed by atoms with van der Waals surface area (Å²) in [6, 6.07) is 8.36. The molecule has 11 nitrogen and oxygen atoms in total. The van der Waals surface area contributed by atoms with Crippen LogP contribution in [0.4, 0.5) is 13.2 Å². The number of benzene rings is 2. The Hall–Kier alpha value is -4.72. The van der Waals surface area contributed by atoms with Crippen LogP contribution in [0.5, 0.6) is 0 Å². The summed E-state index contributed by atoms with van der Waals surface area (Å²) in [5.41, 5.74) is 6.00. The van der Waals surface area contributed by atoms with Gasteiger partial charge in [-0.2, -0.15) is 10.2 Å². The van der Waals surface area contributed by atoms with Crippen molar-refractivity contribution < 1.29 is 27.5 Å². The molecule has 1 amide bonds. The third-order valence-corrected chi connectivity index (χ3v) is 9.14. The Morgan fingerprint density at radius 1 is 1.12 bits per heavy atom. The Labute approximate surface area is 298 Å². The first kappa shape index (κ1) is 36.1. The van der Waals surface area contributed by atoms with E-state index in [1.807, 2.05) is 45.5 Å². The number of amides is 1. The van der Waals surface area contributed by atoms with Crippen molar-refractivity contribution in [2.24, 2.45) is 22.1 Å². The van der Waals surface area contributed by atoms with Gasteiger partial charge in [0.05, 0.1) is 29.0 Å². The van der Waals surface area contributed by atoms with Crippen molar-refractivity contribution in [3.63, 3.8) is 0 Å². The second-order valence-corrected chi connectivity index (χ2v) is 15.1. The minimum Gasteiger partial charge on any atom is -0.463 e. The lowest BCUT2D eigenvalue weighted by Crippen LogP contribution is -2.47. The fourth-order valence-electron chi connectivity index (χ4n) is 6.48. The van der Waals surface area contributed by atoms with E-state index >= 15 is 4.39 Å². The first-order valence-corrected chi connectivity index (χ1v) is 17.1. The lowest BCUT2D eigenvalue weighted by molar-refractivity contribution is -0.148. The maximum Gasteiger partial charge on any atom is 0.306 e. The van der Waals surface area contributed by atoms with Crippen LogP contribution in [-0.4, -0.2) is 53.9 Å². The number of halogens is 4. The van der Waals surface area contributed by atoms with E-state index < -0.39 is 46.9 Å². The van der Waals surface area contributed by atoms with Gasteiger partial charge in [-0.25, -0.2) is 27.8 Å². The van der Waals surface area contributed by atoms with Crippen LogP contribution in [0.1, 0.15) is 95.8 Å². The van der Waals surface area contributed by atoms with Crippen LogP contribution >= 0.6 is 11.6 Å². The number of guanidine groups is 1. The van der Waals surface area contributed by atoms with Crippen LogP contribution in [0.25, 0.3) is 16.8 Å². The molecule has 1 aliphatic heterocycles. The summed E-state index contributed by atoms with van der Waals surface area (Å²) in [5, 5.41) is 8.43. The number of hydrogen-bond donors (Lipinski definition) is 1. The SMILES string of the molecule is CC(C)CC(=O)OC[C@H](c1ccc(Cl)c(-n2ncnc2C(F)F)c1)N1C(=O)[C@@](CC(C)(C)C)(c2ccc(-c3cnn(C4CC4)c3)cc2F)N=C1N. The number of ether oxygens (including phenoxy) is 1. The van der Waals surface area contributed by atoms with E-state index in [9.17, 15) is 18.4 Å². The fraction of sp³-hybridized carbons (Fsp3) is 0.444. The summed E-state index contributed by atoms with van der Waals surface area (Å²) in [5.74, 6) is -2.69. The third kappa shape index (κ3) is 7.37. The van der Waals surface area contributed by atoms with Crippen LogP contribution in [-0.2, 0) is 19.9 Å². The topological polar surface area (TPSA) is 134 Å². The number of rotatable bonds is 12. The fourth-order valence-corrected chi connectivity index (χ4v) is 6.68. The van der Waals surface area contributed by atoms with Gasteiger partial charge in [0.1, 0.15) is 18.8 Å². The number of alkyl halides is 2. The number of esters is 1. The number of hydrogen-bond acceptors (Lipinski definition) is 8. The van der Waals surface area contributed by atoms with Gasteiger partial charge < -0.3 is 10.5 Å².